The minimum Gasteiger partial charge on any atom is -0.351 e. The highest BCUT2D eigenvalue weighted by atomic mass is 32.1. The maximum absolute atomic E-state index is 12.0. The fourth-order valence-corrected chi connectivity index (χ4v) is 3.66. The molecule has 0 unspecified atom stereocenters. The van der Waals surface area contributed by atoms with Gasteiger partial charge in [-0.2, -0.15) is 0 Å². The van der Waals surface area contributed by atoms with Crippen LogP contribution in [-0.2, 0) is 0 Å². The third kappa shape index (κ3) is 4.30. The van der Waals surface area contributed by atoms with Crippen LogP contribution in [0.4, 0.5) is 5.95 Å². The highest BCUT2D eigenvalue weighted by Gasteiger charge is 2.18. The molecule has 3 heterocycles. The van der Waals surface area contributed by atoms with Crippen LogP contribution < -0.4 is 10.2 Å². The number of hydrogen-bond acceptors (Lipinski definition) is 6. The molecule has 2 aromatic rings. The van der Waals surface area contributed by atoms with Gasteiger partial charge in [-0.3, -0.25) is 9.69 Å². The molecular formula is C17H23N5OS. The summed E-state index contributed by atoms with van der Waals surface area (Å²) in [7, 11) is 0. The van der Waals surface area contributed by atoms with Crippen molar-refractivity contribution in [3.8, 4) is 0 Å². The van der Waals surface area contributed by atoms with Gasteiger partial charge in [0.1, 0.15) is 0 Å². The van der Waals surface area contributed by atoms with Crippen molar-refractivity contribution < 1.29 is 4.79 Å². The highest BCUT2D eigenvalue weighted by Crippen LogP contribution is 2.15. The van der Waals surface area contributed by atoms with E-state index in [1.807, 2.05) is 24.4 Å². The standard InChI is InChI=1S/C17H23N5OS/c1-14-4-13-24-15(14)16(23)18-7-3-8-21-9-11-22(12-10-21)17-19-5-2-6-20-17/h2,4-6,13H,3,7-12H2,1H3,(H,18,23). The molecule has 7 heteroatoms. The van der Waals surface area contributed by atoms with Crippen LogP contribution in [0, 0.1) is 6.92 Å². The van der Waals surface area contributed by atoms with Gasteiger partial charge in [-0.15, -0.1) is 11.3 Å². The average Bonchev–Trinajstić information content (AvgIpc) is 3.06. The minimum absolute atomic E-state index is 0.0496. The van der Waals surface area contributed by atoms with Crippen LogP contribution in [0.5, 0.6) is 0 Å². The van der Waals surface area contributed by atoms with E-state index >= 15 is 0 Å². The molecule has 0 spiro atoms. The van der Waals surface area contributed by atoms with Crippen molar-refractivity contribution in [3.63, 3.8) is 0 Å². The van der Waals surface area contributed by atoms with E-state index in [-0.39, 0.29) is 5.91 Å². The fraction of sp³-hybridized carbons (Fsp3) is 0.471. The monoisotopic (exact) mass is 345 g/mol. The molecule has 24 heavy (non-hydrogen) atoms. The van der Waals surface area contributed by atoms with E-state index in [4.69, 9.17) is 0 Å². The normalized spacial score (nSPS) is 15.5. The lowest BCUT2D eigenvalue weighted by molar-refractivity contribution is 0.0955. The average molecular weight is 345 g/mol. The van der Waals surface area contributed by atoms with E-state index in [0.717, 1.165) is 62.1 Å². The Morgan fingerprint density at radius 3 is 2.67 bits per heavy atom. The number of aromatic nitrogens is 2. The molecule has 3 rings (SSSR count). The van der Waals surface area contributed by atoms with Crippen LogP contribution in [0.3, 0.4) is 0 Å². The number of anilines is 1. The Morgan fingerprint density at radius 2 is 2.00 bits per heavy atom. The third-order valence-electron chi connectivity index (χ3n) is 4.21. The van der Waals surface area contributed by atoms with Gasteiger partial charge in [0.05, 0.1) is 4.88 Å². The molecule has 0 atom stereocenters. The zero-order valence-corrected chi connectivity index (χ0v) is 14.8. The summed E-state index contributed by atoms with van der Waals surface area (Å²) in [5, 5.41) is 4.97. The molecule has 0 aliphatic carbocycles. The van der Waals surface area contributed by atoms with E-state index in [2.05, 4.69) is 25.1 Å². The summed E-state index contributed by atoms with van der Waals surface area (Å²) in [5.74, 6) is 0.865. The minimum atomic E-state index is 0.0496. The number of amides is 1. The number of nitrogens with one attached hydrogen (secondary N) is 1. The molecule has 2 aromatic heterocycles. The predicted molar refractivity (Wildman–Crippen MR) is 96.7 cm³/mol. The van der Waals surface area contributed by atoms with Crippen molar-refractivity contribution in [2.75, 3.05) is 44.2 Å². The number of rotatable bonds is 6. The molecule has 1 amide bonds. The van der Waals surface area contributed by atoms with E-state index < -0.39 is 0 Å². The van der Waals surface area contributed by atoms with Gasteiger partial charge >= 0.3 is 0 Å². The van der Waals surface area contributed by atoms with Gasteiger partial charge < -0.3 is 10.2 Å². The second kappa shape index (κ2) is 8.21. The Hall–Kier alpha value is -1.99. The maximum atomic E-state index is 12.0. The van der Waals surface area contributed by atoms with Gasteiger partial charge in [0.25, 0.3) is 5.91 Å². The van der Waals surface area contributed by atoms with Crippen molar-refractivity contribution in [1.29, 1.82) is 0 Å². The Labute approximate surface area is 146 Å². The smallest absolute Gasteiger partial charge is 0.261 e. The molecule has 1 aliphatic heterocycles. The highest BCUT2D eigenvalue weighted by molar-refractivity contribution is 7.12. The van der Waals surface area contributed by atoms with Crippen LogP contribution in [-0.4, -0.2) is 60.0 Å². The van der Waals surface area contributed by atoms with Crippen LogP contribution in [0.25, 0.3) is 0 Å². The van der Waals surface area contributed by atoms with E-state index in [0.29, 0.717) is 0 Å². The van der Waals surface area contributed by atoms with Crippen LogP contribution in [0.15, 0.2) is 29.9 Å². The lowest BCUT2D eigenvalue weighted by Gasteiger charge is -2.34. The number of nitrogens with zero attached hydrogens (tertiary/aromatic N) is 4. The Balaban J connectivity index is 1.34. The quantitative estimate of drug-likeness (QED) is 0.809. The summed E-state index contributed by atoms with van der Waals surface area (Å²) < 4.78 is 0. The molecule has 128 valence electrons. The second-order valence-electron chi connectivity index (χ2n) is 5.92. The molecule has 0 radical (unpaired) electrons. The number of thiophene rings is 1. The van der Waals surface area contributed by atoms with Crippen molar-refractivity contribution in [3.05, 3.63) is 40.3 Å². The first-order valence-corrected chi connectivity index (χ1v) is 9.18. The molecule has 1 fully saturated rings. The molecule has 0 bridgehead atoms. The lowest BCUT2D eigenvalue weighted by atomic mass is 10.2. The van der Waals surface area contributed by atoms with Gasteiger partial charge in [0.15, 0.2) is 0 Å². The molecule has 1 saturated heterocycles. The Kier molecular flexibility index (Phi) is 5.77. The van der Waals surface area contributed by atoms with E-state index in [1.54, 1.807) is 12.4 Å². The second-order valence-corrected chi connectivity index (χ2v) is 6.84. The van der Waals surface area contributed by atoms with Crippen LogP contribution in [0.1, 0.15) is 21.7 Å². The van der Waals surface area contributed by atoms with Gasteiger partial charge in [0.2, 0.25) is 5.95 Å². The zero-order chi connectivity index (χ0) is 16.8. The number of aryl methyl sites for hydroxylation is 1. The SMILES string of the molecule is Cc1ccsc1C(=O)NCCCN1CCN(c2ncccn2)CC1. The van der Waals surface area contributed by atoms with Crippen molar-refractivity contribution in [2.45, 2.75) is 13.3 Å². The van der Waals surface area contributed by atoms with Crippen LogP contribution >= 0.6 is 11.3 Å². The molecule has 0 aromatic carbocycles. The van der Waals surface area contributed by atoms with Gasteiger partial charge in [-0.25, -0.2) is 9.97 Å². The van der Waals surface area contributed by atoms with Crippen molar-refractivity contribution >= 4 is 23.2 Å². The topological polar surface area (TPSA) is 61.4 Å². The Bertz CT molecular complexity index is 652. The van der Waals surface area contributed by atoms with Crippen LogP contribution in [0.2, 0.25) is 0 Å². The molecule has 0 saturated carbocycles. The summed E-state index contributed by atoms with van der Waals surface area (Å²) in [6.45, 7) is 7.62. The largest absolute Gasteiger partial charge is 0.351 e. The van der Waals surface area contributed by atoms with Gasteiger partial charge in [-0.1, -0.05) is 0 Å². The number of hydrogen-bond donors (Lipinski definition) is 1. The first kappa shape index (κ1) is 16.9. The summed E-state index contributed by atoms with van der Waals surface area (Å²) in [5.41, 5.74) is 1.05. The van der Waals surface area contributed by atoms with E-state index in [1.165, 1.54) is 11.3 Å². The van der Waals surface area contributed by atoms with E-state index in [9.17, 15) is 4.79 Å². The first-order valence-electron chi connectivity index (χ1n) is 8.30. The maximum Gasteiger partial charge on any atom is 0.261 e. The number of carbonyl (C=O) groups is 1. The summed E-state index contributed by atoms with van der Waals surface area (Å²) in [6.07, 6.45) is 4.54. The van der Waals surface area contributed by atoms with Crippen molar-refractivity contribution in [2.24, 2.45) is 0 Å². The molecule has 1 N–H and O–H groups in total. The lowest BCUT2D eigenvalue weighted by Crippen LogP contribution is -2.47. The third-order valence-corrected chi connectivity index (χ3v) is 5.23. The molecule has 6 nitrogen and oxygen atoms in total. The summed E-state index contributed by atoms with van der Waals surface area (Å²) >= 11 is 1.50. The Morgan fingerprint density at radius 1 is 1.25 bits per heavy atom. The summed E-state index contributed by atoms with van der Waals surface area (Å²) in [6, 6.07) is 3.82. The predicted octanol–water partition coefficient (Wildman–Crippen LogP) is 1.79. The van der Waals surface area contributed by atoms with Crippen molar-refractivity contribution in [1.82, 2.24) is 20.2 Å². The first-order chi connectivity index (χ1) is 11.7. The molecule has 1 aliphatic rings. The van der Waals surface area contributed by atoms with Gasteiger partial charge in [-0.05, 0) is 43.0 Å². The molecular weight excluding hydrogens is 322 g/mol. The number of carbonyl (C=O) groups excluding carboxylic acids is 1. The zero-order valence-electron chi connectivity index (χ0n) is 13.9. The number of piperazine rings is 1. The summed E-state index contributed by atoms with van der Waals surface area (Å²) in [4.78, 5) is 26.1. The van der Waals surface area contributed by atoms with Gasteiger partial charge in [0, 0.05) is 45.1 Å². The fourth-order valence-electron chi connectivity index (χ4n) is 2.82.